The SMILES string of the molecule is CNC(=O)c1ccc(N2CC(C)CC(C(=O)O)C2)c([N+](=O)[O-])c1. The largest absolute Gasteiger partial charge is 0.481 e. The van der Waals surface area contributed by atoms with Crippen molar-refractivity contribution < 1.29 is 19.6 Å². The zero-order valence-corrected chi connectivity index (χ0v) is 13.0. The van der Waals surface area contributed by atoms with Crippen molar-refractivity contribution in [2.75, 3.05) is 25.0 Å². The van der Waals surface area contributed by atoms with E-state index in [0.717, 1.165) is 0 Å². The van der Waals surface area contributed by atoms with Crippen LogP contribution >= 0.6 is 0 Å². The van der Waals surface area contributed by atoms with Crippen molar-refractivity contribution in [3.63, 3.8) is 0 Å². The quantitative estimate of drug-likeness (QED) is 0.642. The van der Waals surface area contributed by atoms with Gasteiger partial charge in [-0.25, -0.2) is 0 Å². The molecule has 0 saturated carbocycles. The number of piperidine rings is 1. The molecule has 124 valence electrons. The number of nitrogens with one attached hydrogen (secondary N) is 1. The third-order valence-corrected chi connectivity index (χ3v) is 4.01. The number of carbonyl (C=O) groups is 2. The van der Waals surface area contributed by atoms with Crippen molar-refractivity contribution >= 4 is 23.3 Å². The van der Waals surface area contributed by atoms with E-state index in [0.29, 0.717) is 18.7 Å². The van der Waals surface area contributed by atoms with Crippen LogP contribution in [0, 0.1) is 22.0 Å². The summed E-state index contributed by atoms with van der Waals surface area (Å²) in [6.45, 7) is 2.69. The highest BCUT2D eigenvalue weighted by atomic mass is 16.6. The van der Waals surface area contributed by atoms with E-state index >= 15 is 0 Å². The second-order valence-corrected chi connectivity index (χ2v) is 5.82. The van der Waals surface area contributed by atoms with Crippen LogP contribution in [0.2, 0.25) is 0 Å². The summed E-state index contributed by atoms with van der Waals surface area (Å²) in [5.74, 6) is -1.75. The van der Waals surface area contributed by atoms with Crippen molar-refractivity contribution in [1.82, 2.24) is 5.32 Å². The van der Waals surface area contributed by atoms with Gasteiger partial charge >= 0.3 is 5.97 Å². The van der Waals surface area contributed by atoms with Crippen molar-refractivity contribution in [3.8, 4) is 0 Å². The Balaban J connectivity index is 2.39. The molecule has 1 heterocycles. The minimum absolute atomic E-state index is 0.114. The summed E-state index contributed by atoms with van der Waals surface area (Å²) in [7, 11) is 1.45. The molecular weight excluding hydrogens is 302 g/mol. The van der Waals surface area contributed by atoms with Gasteiger partial charge in [-0.3, -0.25) is 19.7 Å². The molecule has 0 aromatic heterocycles. The number of benzene rings is 1. The highest BCUT2D eigenvalue weighted by Gasteiger charge is 2.32. The van der Waals surface area contributed by atoms with Crippen LogP contribution in [-0.2, 0) is 4.79 Å². The number of anilines is 1. The van der Waals surface area contributed by atoms with E-state index in [1.54, 1.807) is 4.90 Å². The van der Waals surface area contributed by atoms with Gasteiger partial charge in [-0.05, 0) is 24.5 Å². The highest BCUT2D eigenvalue weighted by Crippen LogP contribution is 2.34. The lowest BCUT2D eigenvalue weighted by molar-refractivity contribution is -0.384. The smallest absolute Gasteiger partial charge is 0.308 e. The van der Waals surface area contributed by atoms with E-state index in [-0.39, 0.29) is 23.7 Å². The minimum Gasteiger partial charge on any atom is -0.481 e. The molecule has 0 radical (unpaired) electrons. The summed E-state index contributed by atoms with van der Waals surface area (Å²) in [5.41, 5.74) is 0.354. The first kappa shape index (κ1) is 16.7. The fourth-order valence-electron chi connectivity index (χ4n) is 2.95. The van der Waals surface area contributed by atoms with Gasteiger partial charge in [0, 0.05) is 31.8 Å². The Bertz CT molecular complexity index is 646. The molecular formula is C15H19N3O5. The number of rotatable bonds is 4. The maximum absolute atomic E-state index is 11.6. The van der Waals surface area contributed by atoms with Gasteiger partial charge in [0.25, 0.3) is 11.6 Å². The molecule has 1 amide bonds. The van der Waals surface area contributed by atoms with Crippen molar-refractivity contribution in [1.29, 1.82) is 0 Å². The number of amides is 1. The number of aliphatic carboxylic acids is 1. The van der Waals surface area contributed by atoms with Crippen LogP contribution in [0.15, 0.2) is 18.2 Å². The third-order valence-electron chi connectivity index (χ3n) is 4.01. The number of hydrogen-bond donors (Lipinski definition) is 2. The molecule has 2 unspecified atom stereocenters. The van der Waals surface area contributed by atoms with E-state index < -0.39 is 22.7 Å². The van der Waals surface area contributed by atoms with Gasteiger partial charge in [-0.15, -0.1) is 0 Å². The third kappa shape index (κ3) is 3.58. The maximum Gasteiger partial charge on any atom is 0.308 e. The number of hydrogen-bond acceptors (Lipinski definition) is 5. The van der Waals surface area contributed by atoms with Crippen LogP contribution in [0.1, 0.15) is 23.7 Å². The summed E-state index contributed by atoms with van der Waals surface area (Å²) in [6, 6.07) is 4.25. The van der Waals surface area contributed by atoms with E-state index in [9.17, 15) is 24.8 Å². The van der Waals surface area contributed by atoms with Crippen molar-refractivity contribution in [3.05, 3.63) is 33.9 Å². The van der Waals surface area contributed by atoms with Crippen LogP contribution in [0.5, 0.6) is 0 Å². The van der Waals surface area contributed by atoms with Crippen molar-refractivity contribution in [2.24, 2.45) is 11.8 Å². The molecule has 2 rings (SSSR count). The zero-order chi connectivity index (χ0) is 17.1. The standard InChI is InChI=1S/C15H19N3O5/c1-9-5-11(15(20)21)8-17(7-9)12-4-3-10(14(19)16-2)6-13(12)18(22)23/h3-4,6,9,11H,5,7-8H2,1-2H3,(H,16,19)(H,20,21). The Labute approximate surface area is 133 Å². The van der Waals surface area contributed by atoms with Crippen LogP contribution < -0.4 is 10.2 Å². The number of carboxylic acid groups (broad SMARTS) is 1. The monoisotopic (exact) mass is 321 g/mol. The van der Waals surface area contributed by atoms with Gasteiger partial charge in [-0.2, -0.15) is 0 Å². The second kappa shape index (κ2) is 6.64. The van der Waals surface area contributed by atoms with E-state index in [1.807, 2.05) is 6.92 Å². The first-order chi connectivity index (χ1) is 10.8. The number of nitro benzene ring substituents is 1. The summed E-state index contributed by atoms with van der Waals surface area (Å²) < 4.78 is 0. The van der Waals surface area contributed by atoms with Gasteiger partial charge in [0.2, 0.25) is 0 Å². The second-order valence-electron chi connectivity index (χ2n) is 5.82. The fourth-order valence-corrected chi connectivity index (χ4v) is 2.95. The number of nitro groups is 1. The minimum atomic E-state index is -0.897. The van der Waals surface area contributed by atoms with Crippen LogP contribution in [0.3, 0.4) is 0 Å². The molecule has 1 fully saturated rings. The lowest BCUT2D eigenvalue weighted by Gasteiger charge is -2.35. The average Bonchev–Trinajstić information content (AvgIpc) is 2.52. The van der Waals surface area contributed by atoms with E-state index in [4.69, 9.17) is 0 Å². The number of carbonyl (C=O) groups excluding carboxylic acids is 1. The van der Waals surface area contributed by atoms with Gasteiger partial charge in [0.15, 0.2) is 0 Å². The first-order valence-corrected chi connectivity index (χ1v) is 7.31. The summed E-state index contributed by atoms with van der Waals surface area (Å²) >= 11 is 0. The Kier molecular flexibility index (Phi) is 4.83. The molecule has 2 atom stereocenters. The molecule has 1 saturated heterocycles. The summed E-state index contributed by atoms with van der Waals surface area (Å²) in [4.78, 5) is 35.4. The molecule has 0 aliphatic carbocycles. The zero-order valence-electron chi connectivity index (χ0n) is 13.0. The lowest BCUT2D eigenvalue weighted by atomic mass is 9.90. The van der Waals surface area contributed by atoms with Gasteiger partial charge < -0.3 is 15.3 Å². The van der Waals surface area contributed by atoms with Gasteiger partial charge in [0.1, 0.15) is 5.69 Å². The molecule has 1 aromatic carbocycles. The lowest BCUT2D eigenvalue weighted by Crippen LogP contribution is -2.42. The van der Waals surface area contributed by atoms with E-state index in [2.05, 4.69) is 5.32 Å². The predicted octanol–water partition coefficient (Wildman–Crippen LogP) is 1.50. The average molecular weight is 321 g/mol. The Hall–Kier alpha value is -2.64. The Morgan fingerprint density at radius 1 is 1.39 bits per heavy atom. The molecule has 8 heteroatoms. The van der Waals surface area contributed by atoms with E-state index in [1.165, 1.54) is 25.2 Å². The number of nitrogens with zero attached hydrogens (tertiary/aromatic N) is 2. The molecule has 0 bridgehead atoms. The molecule has 8 nitrogen and oxygen atoms in total. The predicted molar refractivity (Wildman–Crippen MR) is 83.6 cm³/mol. The normalized spacial score (nSPS) is 20.9. The first-order valence-electron chi connectivity index (χ1n) is 7.31. The topological polar surface area (TPSA) is 113 Å². The van der Waals surface area contributed by atoms with Crippen LogP contribution in [-0.4, -0.2) is 42.0 Å². The van der Waals surface area contributed by atoms with Gasteiger partial charge in [-0.1, -0.05) is 6.92 Å². The maximum atomic E-state index is 11.6. The summed E-state index contributed by atoms with van der Waals surface area (Å²) in [6.07, 6.45) is 0.552. The number of carboxylic acids is 1. The molecule has 1 aliphatic rings. The van der Waals surface area contributed by atoms with Gasteiger partial charge in [0.05, 0.1) is 10.8 Å². The summed E-state index contributed by atoms with van der Waals surface area (Å²) in [5, 5.41) is 23.0. The fraction of sp³-hybridized carbons (Fsp3) is 0.467. The highest BCUT2D eigenvalue weighted by molar-refractivity contribution is 5.95. The molecule has 0 spiro atoms. The molecule has 2 N–H and O–H groups in total. The Morgan fingerprint density at radius 3 is 2.65 bits per heavy atom. The van der Waals surface area contributed by atoms with Crippen LogP contribution in [0.25, 0.3) is 0 Å². The van der Waals surface area contributed by atoms with Crippen LogP contribution in [0.4, 0.5) is 11.4 Å². The molecule has 1 aromatic rings. The molecule has 1 aliphatic heterocycles. The van der Waals surface area contributed by atoms with Crippen molar-refractivity contribution in [2.45, 2.75) is 13.3 Å². The molecule has 23 heavy (non-hydrogen) atoms. The Morgan fingerprint density at radius 2 is 2.09 bits per heavy atom.